The van der Waals surface area contributed by atoms with E-state index in [1.165, 1.54) is 0 Å². The van der Waals surface area contributed by atoms with Gasteiger partial charge in [0.1, 0.15) is 11.4 Å². The minimum Gasteiger partial charge on any atom is -0.497 e. The van der Waals surface area contributed by atoms with Crippen LogP contribution in [0.3, 0.4) is 0 Å². The third kappa shape index (κ3) is 4.93. The van der Waals surface area contributed by atoms with Gasteiger partial charge in [0.2, 0.25) is 5.91 Å². The highest BCUT2D eigenvalue weighted by atomic mass is 35.5. The Morgan fingerprint density at radius 3 is 2.76 bits per heavy atom. The number of hydrogen-bond acceptors (Lipinski definition) is 5. The minimum absolute atomic E-state index is 0. The summed E-state index contributed by atoms with van der Waals surface area (Å²) in [6, 6.07) is 7.69. The predicted octanol–water partition coefficient (Wildman–Crippen LogP) is 1.83. The van der Waals surface area contributed by atoms with Gasteiger partial charge in [0, 0.05) is 12.5 Å². The van der Waals surface area contributed by atoms with Crippen LogP contribution in [0.4, 0.5) is 0 Å². The van der Waals surface area contributed by atoms with Crippen molar-refractivity contribution in [3.8, 4) is 11.4 Å². The number of nitrogens with one attached hydrogen (secondary N) is 1. The highest BCUT2D eigenvalue weighted by Crippen LogP contribution is 2.26. The van der Waals surface area contributed by atoms with Gasteiger partial charge < -0.3 is 15.8 Å². The van der Waals surface area contributed by atoms with E-state index in [1.54, 1.807) is 11.8 Å². The Morgan fingerprint density at radius 1 is 1.36 bits per heavy atom. The smallest absolute Gasteiger partial charge is 0.220 e. The molecule has 1 aromatic heterocycles. The molecule has 0 spiro atoms. The standard InChI is InChI=1S/C17H23N5O2.ClH/c1-24-15-7-5-14(6-8-15)22-11-13(20-21-22)10-19-17(23)9-12-3-2-4-16(12)18;/h5-8,11-12,16H,2-4,9-10,18H2,1H3,(H,19,23);1H/t12-,16+;/m0./s1. The van der Waals surface area contributed by atoms with Gasteiger partial charge >= 0.3 is 0 Å². The van der Waals surface area contributed by atoms with E-state index in [2.05, 4.69) is 15.6 Å². The zero-order valence-electron chi connectivity index (χ0n) is 14.2. The zero-order valence-corrected chi connectivity index (χ0v) is 15.0. The van der Waals surface area contributed by atoms with Gasteiger partial charge in [0.05, 0.1) is 25.5 Å². The van der Waals surface area contributed by atoms with E-state index in [9.17, 15) is 4.79 Å². The van der Waals surface area contributed by atoms with E-state index in [0.717, 1.165) is 36.4 Å². The molecule has 2 aromatic rings. The van der Waals surface area contributed by atoms with Gasteiger partial charge in [-0.25, -0.2) is 4.68 Å². The van der Waals surface area contributed by atoms with E-state index in [1.807, 2.05) is 30.5 Å². The van der Waals surface area contributed by atoms with Crippen molar-refractivity contribution >= 4 is 18.3 Å². The van der Waals surface area contributed by atoms with Gasteiger partial charge in [-0.15, -0.1) is 17.5 Å². The van der Waals surface area contributed by atoms with Gasteiger partial charge in [-0.2, -0.15) is 0 Å². The molecule has 1 saturated carbocycles. The number of carbonyl (C=O) groups excluding carboxylic acids is 1. The predicted molar refractivity (Wildman–Crippen MR) is 96.9 cm³/mol. The molecule has 7 nitrogen and oxygen atoms in total. The molecule has 1 aliphatic rings. The molecule has 3 N–H and O–H groups in total. The maximum Gasteiger partial charge on any atom is 0.220 e. The quantitative estimate of drug-likeness (QED) is 0.814. The summed E-state index contributed by atoms with van der Waals surface area (Å²) in [5.74, 6) is 1.12. The number of nitrogens with two attached hydrogens (primary N) is 1. The maximum absolute atomic E-state index is 12.0. The summed E-state index contributed by atoms with van der Waals surface area (Å²) in [6.07, 6.45) is 5.49. The van der Waals surface area contributed by atoms with Crippen molar-refractivity contribution in [3.63, 3.8) is 0 Å². The molecule has 8 heteroatoms. The first kappa shape index (κ1) is 19.2. The topological polar surface area (TPSA) is 95.1 Å². The van der Waals surface area contributed by atoms with Crippen molar-refractivity contribution in [2.24, 2.45) is 11.7 Å². The number of halogens is 1. The SMILES string of the molecule is COc1ccc(-n2cc(CNC(=O)C[C@@H]3CCC[C@H]3N)nn2)cc1.Cl. The first-order chi connectivity index (χ1) is 11.7. The van der Waals surface area contributed by atoms with Crippen LogP contribution >= 0.6 is 12.4 Å². The minimum atomic E-state index is 0. The number of nitrogens with zero attached hydrogens (tertiary/aromatic N) is 3. The average Bonchev–Trinajstić information content (AvgIpc) is 3.23. The van der Waals surface area contributed by atoms with Crippen molar-refractivity contribution in [2.45, 2.75) is 38.3 Å². The van der Waals surface area contributed by atoms with Crippen LogP contribution in [-0.2, 0) is 11.3 Å². The zero-order chi connectivity index (χ0) is 16.9. The molecule has 136 valence electrons. The Labute approximate surface area is 153 Å². The molecule has 1 aromatic carbocycles. The fourth-order valence-electron chi connectivity index (χ4n) is 3.06. The molecule has 3 rings (SSSR count). The third-order valence-corrected chi connectivity index (χ3v) is 4.51. The van der Waals surface area contributed by atoms with Crippen LogP contribution in [0.2, 0.25) is 0 Å². The van der Waals surface area contributed by atoms with Crippen molar-refractivity contribution in [1.29, 1.82) is 0 Å². The lowest BCUT2D eigenvalue weighted by atomic mass is 10.00. The number of ether oxygens (including phenoxy) is 1. The van der Waals surface area contributed by atoms with Crippen LogP contribution in [0.5, 0.6) is 5.75 Å². The summed E-state index contributed by atoms with van der Waals surface area (Å²) in [7, 11) is 1.63. The summed E-state index contributed by atoms with van der Waals surface area (Å²) < 4.78 is 6.81. The molecule has 25 heavy (non-hydrogen) atoms. The number of methoxy groups -OCH3 is 1. The monoisotopic (exact) mass is 365 g/mol. The summed E-state index contributed by atoms with van der Waals surface area (Å²) in [6.45, 7) is 0.372. The summed E-state index contributed by atoms with van der Waals surface area (Å²) in [4.78, 5) is 12.0. The van der Waals surface area contributed by atoms with Crippen molar-refractivity contribution in [3.05, 3.63) is 36.2 Å². The first-order valence-corrected chi connectivity index (χ1v) is 8.23. The van der Waals surface area contributed by atoms with Crippen LogP contribution < -0.4 is 15.8 Å². The van der Waals surface area contributed by atoms with E-state index in [0.29, 0.717) is 18.9 Å². The van der Waals surface area contributed by atoms with Gasteiger partial charge in [-0.05, 0) is 43.0 Å². The molecular weight excluding hydrogens is 342 g/mol. The second-order valence-electron chi connectivity index (χ2n) is 6.19. The lowest BCUT2D eigenvalue weighted by molar-refractivity contribution is -0.122. The van der Waals surface area contributed by atoms with Gasteiger partial charge in [0.25, 0.3) is 0 Å². The van der Waals surface area contributed by atoms with Crippen LogP contribution in [0.15, 0.2) is 30.5 Å². The third-order valence-electron chi connectivity index (χ3n) is 4.51. The summed E-state index contributed by atoms with van der Waals surface area (Å²) in [5, 5.41) is 11.1. The normalized spacial score (nSPS) is 19.3. The molecule has 0 aliphatic heterocycles. The Morgan fingerprint density at radius 2 is 2.12 bits per heavy atom. The van der Waals surface area contributed by atoms with E-state index in [4.69, 9.17) is 10.5 Å². The second-order valence-corrected chi connectivity index (χ2v) is 6.19. The molecule has 0 unspecified atom stereocenters. The Bertz CT molecular complexity index is 689. The van der Waals surface area contributed by atoms with Crippen LogP contribution in [-0.4, -0.2) is 34.1 Å². The molecule has 2 atom stereocenters. The van der Waals surface area contributed by atoms with Crippen molar-refractivity contribution in [1.82, 2.24) is 20.3 Å². The summed E-state index contributed by atoms with van der Waals surface area (Å²) in [5.41, 5.74) is 7.61. The number of aromatic nitrogens is 3. The molecule has 1 heterocycles. The Hall–Kier alpha value is -2.12. The van der Waals surface area contributed by atoms with Crippen LogP contribution in [0.1, 0.15) is 31.4 Å². The number of hydrogen-bond donors (Lipinski definition) is 2. The van der Waals surface area contributed by atoms with Crippen LogP contribution in [0.25, 0.3) is 5.69 Å². The molecule has 1 amide bonds. The van der Waals surface area contributed by atoms with Crippen molar-refractivity contribution < 1.29 is 9.53 Å². The number of benzene rings is 1. The van der Waals surface area contributed by atoms with E-state index >= 15 is 0 Å². The Balaban J connectivity index is 0.00000225. The Kier molecular flexibility index (Phi) is 6.78. The average molecular weight is 366 g/mol. The number of rotatable bonds is 6. The lowest BCUT2D eigenvalue weighted by Crippen LogP contribution is -2.31. The first-order valence-electron chi connectivity index (χ1n) is 8.23. The highest BCUT2D eigenvalue weighted by molar-refractivity contribution is 5.85. The van der Waals surface area contributed by atoms with Crippen LogP contribution in [0, 0.1) is 5.92 Å². The van der Waals surface area contributed by atoms with Gasteiger partial charge in [-0.1, -0.05) is 11.6 Å². The van der Waals surface area contributed by atoms with Gasteiger partial charge in [-0.3, -0.25) is 4.79 Å². The molecule has 0 radical (unpaired) electrons. The lowest BCUT2D eigenvalue weighted by Gasteiger charge is -2.14. The maximum atomic E-state index is 12.0. The largest absolute Gasteiger partial charge is 0.497 e. The molecule has 1 fully saturated rings. The fraction of sp³-hybridized carbons (Fsp3) is 0.471. The molecular formula is C17H24ClN5O2. The second kappa shape index (κ2) is 8.82. The molecule has 0 bridgehead atoms. The molecule has 0 saturated heterocycles. The number of amides is 1. The molecule has 1 aliphatic carbocycles. The van der Waals surface area contributed by atoms with Gasteiger partial charge in [0.15, 0.2) is 0 Å². The number of carbonyl (C=O) groups is 1. The van der Waals surface area contributed by atoms with Crippen molar-refractivity contribution in [2.75, 3.05) is 7.11 Å². The summed E-state index contributed by atoms with van der Waals surface area (Å²) >= 11 is 0. The van der Waals surface area contributed by atoms with E-state index < -0.39 is 0 Å². The van der Waals surface area contributed by atoms with E-state index in [-0.39, 0.29) is 24.4 Å². The highest BCUT2D eigenvalue weighted by Gasteiger charge is 2.25. The fourth-order valence-corrected chi connectivity index (χ4v) is 3.06.